The third-order valence-corrected chi connectivity index (χ3v) is 4.17. The Morgan fingerprint density at radius 1 is 1.07 bits per heavy atom. The minimum atomic E-state index is -0.826. The van der Waals surface area contributed by atoms with Gasteiger partial charge in [-0.15, -0.1) is 0 Å². The number of esters is 1. The van der Waals surface area contributed by atoms with E-state index < -0.39 is 29.6 Å². The van der Waals surface area contributed by atoms with Gasteiger partial charge in [0, 0.05) is 20.5 Å². The predicted octanol–water partition coefficient (Wildman–Crippen LogP) is 0.560. The Morgan fingerprint density at radius 2 is 1.71 bits per heavy atom. The lowest BCUT2D eigenvalue weighted by atomic mass is 10.2. The van der Waals surface area contributed by atoms with Crippen LogP contribution in [-0.4, -0.2) is 34.1 Å². The highest BCUT2D eigenvalue weighted by atomic mass is 16.5. The Labute approximate surface area is 161 Å². The van der Waals surface area contributed by atoms with Crippen molar-refractivity contribution >= 4 is 17.6 Å². The zero-order valence-electron chi connectivity index (χ0n) is 16.1. The number of anilines is 1. The number of hydrogen-bond donors (Lipinski definition) is 1. The van der Waals surface area contributed by atoms with Gasteiger partial charge in [0.15, 0.2) is 6.61 Å². The van der Waals surface area contributed by atoms with Crippen LogP contribution in [0.4, 0.5) is 5.82 Å². The van der Waals surface area contributed by atoms with E-state index in [1.54, 1.807) is 0 Å². The lowest BCUT2D eigenvalue weighted by molar-refractivity contribution is -0.142. The molecule has 0 amide bonds. The van der Waals surface area contributed by atoms with Gasteiger partial charge < -0.3 is 15.2 Å². The molecular weight excluding hydrogens is 366 g/mol. The Hall–Kier alpha value is -3.36. The number of ketones is 1. The van der Waals surface area contributed by atoms with E-state index in [4.69, 9.17) is 15.2 Å². The number of nitrogens with zero attached hydrogens (tertiary/aromatic N) is 2. The van der Waals surface area contributed by atoms with E-state index in [1.165, 1.54) is 14.1 Å². The summed E-state index contributed by atoms with van der Waals surface area (Å²) in [4.78, 5) is 47.9. The van der Waals surface area contributed by atoms with Crippen LogP contribution in [0, 0.1) is 6.92 Å². The molecule has 0 radical (unpaired) electrons. The van der Waals surface area contributed by atoms with Gasteiger partial charge >= 0.3 is 11.7 Å². The second-order valence-electron chi connectivity index (χ2n) is 6.31. The Bertz CT molecular complexity index is 988. The summed E-state index contributed by atoms with van der Waals surface area (Å²) in [6.45, 7) is 1.66. The second-order valence-corrected chi connectivity index (χ2v) is 6.31. The molecule has 2 N–H and O–H groups in total. The molecule has 9 nitrogen and oxygen atoms in total. The predicted molar refractivity (Wildman–Crippen MR) is 103 cm³/mol. The molecule has 0 saturated heterocycles. The Kier molecular flexibility index (Phi) is 6.75. The van der Waals surface area contributed by atoms with Crippen molar-refractivity contribution in [2.24, 2.45) is 14.1 Å². The molecule has 2 aromatic rings. The van der Waals surface area contributed by atoms with Crippen LogP contribution in [0.15, 0.2) is 33.9 Å². The van der Waals surface area contributed by atoms with Crippen LogP contribution in [0.5, 0.6) is 5.75 Å². The van der Waals surface area contributed by atoms with Gasteiger partial charge in [0.1, 0.15) is 17.1 Å². The highest BCUT2D eigenvalue weighted by Gasteiger charge is 2.21. The summed E-state index contributed by atoms with van der Waals surface area (Å²) >= 11 is 0. The van der Waals surface area contributed by atoms with Crippen molar-refractivity contribution in [3.05, 3.63) is 56.2 Å². The fraction of sp³-hybridized carbons (Fsp3) is 0.368. The molecule has 28 heavy (non-hydrogen) atoms. The van der Waals surface area contributed by atoms with Crippen LogP contribution in [0.25, 0.3) is 0 Å². The van der Waals surface area contributed by atoms with Crippen molar-refractivity contribution in [3.63, 3.8) is 0 Å². The molecule has 0 aliphatic heterocycles. The van der Waals surface area contributed by atoms with Gasteiger partial charge in [-0.2, -0.15) is 0 Å². The van der Waals surface area contributed by atoms with E-state index >= 15 is 0 Å². The molecule has 0 bridgehead atoms. The number of benzene rings is 1. The number of carbonyl (C=O) groups is 2. The number of aromatic nitrogens is 2. The average molecular weight is 389 g/mol. The number of carbonyl (C=O) groups excluding carboxylic acids is 2. The Balaban J connectivity index is 1.84. The summed E-state index contributed by atoms with van der Waals surface area (Å²) in [5, 5.41) is 0. The second kappa shape index (κ2) is 9.03. The minimum Gasteiger partial charge on any atom is -0.494 e. The summed E-state index contributed by atoms with van der Waals surface area (Å²) in [5.74, 6) is -0.921. The maximum Gasteiger partial charge on any atom is 0.332 e. The van der Waals surface area contributed by atoms with Gasteiger partial charge in [-0.3, -0.25) is 23.5 Å². The molecule has 1 aromatic carbocycles. The Morgan fingerprint density at radius 3 is 2.36 bits per heavy atom. The van der Waals surface area contributed by atoms with Crippen LogP contribution in [0.3, 0.4) is 0 Å². The fourth-order valence-electron chi connectivity index (χ4n) is 2.45. The van der Waals surface area contributed by atoms with Gasteiger partial charge in [-0.25, -0.2) is 4.79 Å². The SMILES string of the molecule is Cc1ccc(OCCCC(=O)OCC(=O)c2c(N)n(C)c(=O)n(C)c2=O)cc1. The summed E-state index contributed by atoms with van der Waals surface area (Å²) < 4.78 is 12.2. The van der Waals surface area contributed by atoms with Crippen molar-refractivity contribution < 1.29 is 19.1 Å². The normalized spacial score (nSPS) is 10.5. The first-order valence-electron chi connectivity index (χ1n) is 8.66. The van der Waals surface area contributed by atoms with Crippen LogP contribution in [-0.2, 0) is 23.6 Å². The number of rotatable bonds is 8. The van der Waals surface area contributed by atoms with E-state index in [1.807, 2.05) is 31.2 Å². The molecule has 0 saturated carbocycles. The molecule has 0 fully saturated rings. The maximum absolute atomic E-state index is 12.2. The molecule has 0 unspecified atom stereocenters. The molecule has 0 spiro atoms. The van der Waals surface area contributed by atoms with Gasteiger partial charge in [0.2, 0.25) is 5.78 Å². The number of hydrogen-bond acceptors (Lipinski definition) is 7. The molecular formula is C19H23N3O6. The van der Waals surface area contributed by atoms with E-state index in [-0.39, 0.29) is 17.8 Å². The third-order valence-electron chi connectivity index (χ3n) is 4.17. The number of nitrogen functional groups attached to an aromatic ring is 1. The maximum atomic E-state index is 12.2. The number of aryl methyl sites for hydroxylation is 1. The molecule has 150 valence electrons. The molecule has 9 heteroatoms. The molecule has 0 atom stereocenters. The summed E-state index contributed by atoms with van der Waals surface area (Å²) in [5.41, 5.74) is 4.97. The van der Waals surface area contributed by atoms with Gasteiger partial charge in [-0.05, 0) is 25.5 Å². The largest absolute Gasteiger partial charge is 0.494 e. The zero-order valence-corrected chi connectivity index (χ0v) is 16.1. The molecule has 0 aliphatic carbocycles. The topological polar surface area (TPSA) is 123 Å². The summed E-state index contributed by atoms with van der Waals surface area (Å²) in [6, 6.07) is 7.52. The average Bonchev–Trinajstić information content (AvgIpc) is 2.68. The highest BCUT2D eigenvalue weighted by Crippen LogP contribution is 2.12. The summed E-state index contributed by atoms with van der Waals surface area (Å²) in [7, 11) is 2.58. The minimum absolute atomic E-state index is 0.0555. The third kappa shape index (κ3) is 4.87. The van der Waals surface area contributed by atoms with Gasteiger partial charge in [-0.1, -0.05) is 17.7 Å². The first kappa shape index (κ1) is 20.9. The van der Waals surface area contributed by atoms with Crippen LogP contribution in [0.1, 0.15) is 28.8 Å². The fourth-order valence-corrected chi connectivity index (χ4v) is 2.45. The smallest absolute Gasteiger partial charge is 0.332 e. The van der Waals surface area contributed by atoms with Crippen molar-refractivity contribution in [2.45, 2.75) is 19.8 Å². The lowest BCUT2D eigenvalue weighted by Crippen LogP contribution is -2.42. The standard InChI is InChI=1S/C19H23N3O6/c1-12-6-8-13(9-7-12)27-10-4-5-15(24)28-11-14(23)16-17(20)21(2)19(26)22(3)18(16)25/h6-9H,4-5,10-11,20H2,1-3H3. The van der Waals surface area contributed by atoms with E-state index in [2.05, 4.69) is 0 Å². The zero-order chi connectivity index (χ0) is 20.8. The molecule has 2 rings (SSSR count). The van der Waals surface area contributed by atoms with E-state index in [9.17, 15) is 19.2 Å². The van der Waals surface area contributed by atoms with Crippen LogP contribution < -0.4 is 21.7 Å². The molecule has 1 aromatic heterocycles. The van der Waals surface area contributed by atoms with Crippen molar-refractivity contribution in [1.82, 2.24) is 9.13 Å². The number of ether oxygens (including phenoxy) is 2. The highest BCUT2D eigenvalue weighted by molar-refractivity contribution is 6.01. The quantitative estimate of drug-likeness (QED) is 0.397. The first-order chi connectivity index (χ1) is 13.2. The molecule has 0 aliphatic rings. The monoisotopic (exact) mass is 389 g/mol. The van der Waals surface area contributed by atoms with E-state index in [0.29, 0.717) is 18.8 Å². The number of Topliss-reactive ketones (excluding diaryl/α,β-unsaturated/α-hetero) is 1. The molecule has 1 heterocycles. The number of nitrogens with two attached hydrogens (primary N) is 1. The first-order valence-corrected chi connectivity index (χ1v) is 8.66. The van der Waals surface area contributed by atoms with Gasteiger partial charge in [0.05, 0.1) is 6.61 Å². The van der Waals surface area contributed by atoms with Crippen molar-refractivity contribution in [3.8, 4) is 5.75 Å². The van der Waals surface area contributed by atoms with Crippen LogP contribution >= 0.6 is 0 Å². The lowest BCUT2D eigenvalue weighted by Gasteiger charge is -2.11. The summed E-state index contributed by atoms with van der Waals surface area (Å²) in [6.07, 6.45) is 0.463. The van der Waals surface area contributed by atoms with Crippen LogP contribution in [0.2, 0.25) is 0 Å². The van der Waals surface area contributed by atoms with Crippen molar-refractivity contribution in [1.29, 1.82) is 0 Å². The van der Waals surface area contributed by atoms with Gasteiger partial charge in [0.25, 0.3) is 5.56 Å². The van der Waals surface area contributed by atoms with E-state index in [0.717, 1.165) is 14.7 Å². The van der Waals surface area contributed by atoms with Crippen molar-refractivity contribution in [2.75, 3.05) is 18.9 Å².